The molecule has 8 heteroatoms. The van der Waals surface area contributed by atoms with E-state index in [1.165, 1.54) is 12.4 Å². The molecule has 108 valence electrons. The summed E-state index contributed by atoms with van der Waals surface area (Å²) < 4.78 is 27.4. The summed E-state index contributed by atoms with van der Waals surface area (Å²) in [4.78, 5) is 5.85. The predicted molar refractivity (Wildman–Crippen MR) is 82.6 cm³/mol. The average molecular weight is 342 g/mol. The Morgan fingerprint density at radius 3 is 2.71 bits per heavy atom. The van der Waals surface area contributed by atoms with Crippen molar-refractivity contribution < 1.29 is 8.42 Å². The van der Waals surface area contributed by atoms with Crippen LogP contribution in [0.15, 0.2) is 45.8 Å². The molecule has 1 aromatic heterocycles. The fraction of sp³-hybridized carbons (Fsp3) is 0.0769. The van der Waals surface area contributed by atoms with Crippen molar-refractivity contribution >= 4 is 45.3 Å². The third-order valence-electron chi connectivity index (χ3n) is 3.01. The van der Waals surface area contributed by atoms with Gasteiger partial charge in [-0.05, 0) is 18.2 Å². The third-order valence-corrected chi connectivity index (χ3v) is 4.85. The second-order valence-electron chi connectivity index (χ2n) is 4.39. The van der Waals surface area contributed by atoms with Crippen molar-refractivity contribution in [2.24, 2.45) is 4.40 Å². The van der Waals surface area contributed by atoms with E-state index in [2.05, 4.69) is 9.38 Å². The number of para-hydroxylation sites is 1. The number of fused-ring (bicyclic) bond motifs is 1. The molecule has 0 radical (unpaired) electrons. The lowest BCUT2D eigenvalue weighted by molar-refractivity contribution is 0.597. The first-order chi connectivity index (χ1) is 9.97. The van der Waals surface area contributed by atoms with Crippen molar-refractivity contribution in [1.29, 1.82) is 0 Å². The van der Waals surface area contributed by atoms with E-state index in [1.54, 1.807) is 35.4 Å². The summed E-state index contributed by atoms with van der Waals surface area (Å²) in [6.45, 7) is 0.346. The quantitative estimate of drug-likeness (QED) is 0.787. The van der Waals surface area contributed by atoms with Gasteiger partial charge in [-0.15, -0.1) is 4.40 Å². The van der Waals surface area contributed by atoms with Gasteiger partial charge in [0.2, 0.25) is 0 Å². The lowest BCUT2D eigenvalue weighted by Gasteiger charge is -2.25. The lowest BCUT2D eigenvalue weighted by atomic mass is 10.2. The van der Waals surface area contributed by atoms with Crippen LogP contribution in [0.4, 0.5) is 5.69 Å². The Bertz CT molecular complexity index is 837. The normalized spacial score (nSPS) is 15.8. The number of halogens is 2. The molecule has 0 saturated heterocycles. The van der Waals surface area contributed by atoms with Crippen molar-refractivity contribution in [3.63, 3.8) is 0 Å². The fourth-order valence-corrected chi connectivity index (χ4v) is 3.49. The summed E-state index contributed by atoms with van der Waals surface area (Å²) in [6, 6.07) is 8.21. The molecule has 2 aromatic rings. The van der Waals surface area contributed by atoms with E-state index in [1.807, 2.05) is 0 Å². The summed E-state index contributed by atoms with van der Waals surface area (Å²) >= 11 is 11.9. The fourth-order valence-electron chi connectivity index (χ4n) is 2.01. The molecule has 21 heavy (non-hydrogen) atoms. The Kier molecular flexibility index (Phi) is 3.61. The standard InChI is InChI=1S/C13H9Cl2N3O2S/c14-10-5-13(15)16-6-9(10)7-18-8-17-21(19,20)12-4-2-1-3-11(12)18/h1-6,8H,7H2. The molecule has 0 atom stereocenters. The summed E-state index contributed by atoms with van der Waals surface area (Å²) in [5, 5.41) is 0.772. The molecule has 0 bridgehead atoms. The Morgan fingerprint density at radius 2 is 1.95 bits per heavy atom. The van der Waals surface area contributed by atoms with Crippen LogP contribution in [0.25, 0.3) is 0 Å². The zero-order chi connectivity index (χ0) is 15.0. The number of rotatable bonds is 2. The van der Waals surface area contributed by atoms with Gasteiger partial charge in [-0.1, -0.05) is 35.3 Å². The third kappa shape index (κ3) is 2.74. The first-order valence-corrected chi connectivity index (χ1v) is 8.13. The van der Waals surface area contributed by atoms with E-state index < -0.39 is 10.0 Å². The van der Waals surface area contributed by atoms with Crippen LogP contribution in [0.5, 0.6) is 0 Å². The molecule has 0 fully saturated rings. The number of hydrogen-bond donors (Lipinski definition) is 0. The summed E-state index contributed by atoms with van der Waals surface area (Å²) in [6.07, 6.45) is 2.84. The van der Waals surface area contributed by atoms with Gasteiger partial charge in [-0.2, -0.15) is 8.42 Å². The summed E-state index contributed by atoms with van der Waals surface area (Å²) in [5.41, 5.74) is 1.28. The van der Waals surface area contributed by atoms with Crippen LogP contribution < -0.4 is 4.90 Å². The number of sulfonamides is 1. The van der Waals surface area contributed by atoms with E-state index >= 15 is 0 Å². The number of hydrogen-bond acceptors (Lipinski definition) is 4. The first-order valence-electron chi connectivity index (χ1n) is 5.93. The van der Waals surface area contributed by atoms with E-state index in [-0.39, 0.29) is 4.90 Å². The van der Waals surface area contributed by atoms with Crippen LogP contribution in [0.2, 0.25) is 10.2 Å². The molecule has 3 rings (SSSR count). The average Bonchev–Trinajstić information content (AvgIpc) is 2.45. The Balaban J connectivity index is 2.01. The van der Waals surface area contributed by atoms with Crippen molar-refractivity contribution in [2.45, 2.75) is 11.4 Å². The van der Waals surface area contributed by atoms with E-state index in [4.69, 9.17) is 23.2 Å². The van der Waals surface area contributed by atoms with Gasteiger partial charge in [-0.3, -0.25) is 0 Å². The Labute approximate surface area is 131 Å². The molecular formula is C13H9Cl2N3O2S. The molecule has 0 spiro atoms. The highest BCUT2D eigenvalue weighted by molar-refractivity contribution is 7.90. The van der Waals surface area contributed by atoms with Crippen molar-refractivity contribution in [2.75, 3.05) is 4.90 Å². The molecule has 0 saturated carbocycles. The summed E-state index contributed by atoms with van der Waals surface area (Å²) in [7, 11) is -3.63. The molecular weight excluding hydrogens is 333 g/mol. The number of aromatic nitrogens is 1. The maximum Gasteiger partial charge on any atom is 0.285 e. The maximum absolute atomic E-state index is 11.9. The molecule has 0 unspecified atom stereocenters. The highest BCUT2D eigenvalue weighted by Crippen LogP contribution is 2.31. The predicted octanol–water partition coefficient (Wildman–Crippen LogP) is 3.13. The van der Waals surface area contributed by atoms with Crippen LogP contribution >= 0.6 is 23.2 Å². The smallest absolute Gasteiger partial charge is 0.285 e. The lowest BCUT2D eigenvalue weighted by Crippen LogP contribution is -2.26. The monoisotopic (exact) mass is 341 g/mol. The zero-order valence-electron chi connectivity index (χ0n) is 10.6. The molecule has 0 amide bonds. The zero-order valence-corrected chi connectivity index (χ0v) is 12.9. The molecule has 1 aliphatic heterocycles. The number of nitrogens with zero attached hydrogens (tertiary/aromatic N) is 3. The van der Waals surface area contributed by atoms with Crippen LogP contribution in [0.3, 0.4) is 0 Å². The molecule has 0 N–H and O–H groups in total. The minimum atomic E-state index is -3.63. The Hall–Kier alpha value is -1.63. The number of pyridine rings is 1. The van der Waals surface area contributed by atoms with Gasteiger partial charge in [-0.25, -0.2) is 4.98 Å². The largest absolute Gasteiger partial charge is 0.326 e. The van der Waals surface area contributed by atoms with Gasteiger partial charge in [0.05, 0.1) is 17.3 Å². The maximum atomic E-state index is 11.9. The molecule has 1 aliphatic rings. The highest BCUT2D eigenvalue weighted by atomic mass is 35.5. The van der Waals surface area contributed by atoms with Crippen molar-refractivity contribution in [3.8, 4) is 0 Å². The van der Waals surface area contributed by atoms with Gasteiger partial charge >= 0.3 is 0 Å². The second-order valence-corrected chi connectivity index (χ2v) is 6.79. The second kappa shape index (κ2) is 5.29. The van der Waals surface area contributed by atoms with Gasteiger partial charge < -0.3 is 4.90 Å². The number of benzene rings is 1. The van der Waals surface area contributed by atoms with Crippen LogP contribution in [0.1, 0.15) is 5.56 Å². The van der Waals surface area contributed by atoms with E-state index in [0.717, 1.165) is 5.56 Å². The highest BCUT2D eigenvalue weighted by Gasteiger charge is 2.25. The van der Waals surface area contributed by atoms with Crippen molar-refractivity contribution in [3.05, 3.63) is 52.3 Å². The van der Waals surface area contributed by atoms with Gasteiger partial charge in [0.15, 0.2) is 0 Å². The van der Waals surface area contributed by atoms with Gasteiger partial charge in [0.25, 0.3) is 10.0 Å². The minimum absolute atomic E-state index is 0.172. The van der Waals surface area contributed by atoms with E-state index in [0.29, 0.717) is 22.4 Å². The summed E-state index contributed by atoms with van der Waals surface area (Å²) in [5.74, 6) is 0. The minimum Gasteiger partial charge on any atom is -0.326 e. The first kappa shape index (κ1) is 14.3. The topological polar surface area (TPSA) is 62.6 Å². The van der Waals surface area contributed by atoms with Crippen LogP contribution in [-0.4, -0.2) is 19.7 Å². The Morgan fingerprint density at radius 1 is 1.19 bits per heavy atom. The molecule has 2 heterocycles. The van der Waals surface area contributed by atoms with Crippen molar-refractivity contribution in [1.82, 2.24) is 4.98 Å². The molecule has 5 nitrogen and oxygen atoms in total. The van der Waals surface area contributed by atoms with Gasteiger partial charge in [0, 0.05) is 11.8 Å². The van der Waals surface area contributed by atoms with Gasteiger partial charge in [0.1, 0.15) is 16.4 Å². The number of anilines is 1. The van der Waals surface area contributed by atoms with Crippen LogP contribution in [-0.2, 0) is 16.6 Å². The van der Waals surface area contributed by atoms with Crippen LogP contribution in [0, 0.1) is 0 Å². The SMILES string of the molecule is O=S1(=O)N=CN(Cc2cnc(Cl)cc2Cl)c2ccccc21. The van der Waals surface area contributed by atoms with E-state index in [9.17, 15) is 8.42 Å². The molecule has 0 aliphatic carbocycles. The molecule has 1 aromatic carbocycles.